The first-order valence-electron chi connectivity index (χ1n) is 12.0. The van der Waals surface area contributed by atoms with E-state index in [9.17, 15) is 4.79 Å². The van der Waals surface area contributed by atoms with Gasteiger partial charge in [0.2, 0.25) is 5.91 Å². The van der Waals surface area contributed by atoms with Gasteiger partial charge in [-0.05, 0) is 66.0 Å². The largest absolute Gasteiger partial charge is 0.356 e. The van der Waals surface area contributed by atoms with Crippen molar-refractivity contribution < 1.29 is 4.79 Å². The summed E-state index contributed by atoms with van der Waals surface area (Å²) in [7, 11) is 0. The van der Waals surface area contributed by atoms with Gasteiger partial charge in [-0.15, -0.1) is 0 Å². The molecule has 2 aliphatic rings. The van der Waals surface area contributed by atoms with Crippen molar-refractivity contribution in [1.29, 1.82) is 0 Å². The van der Waals surface area contributed by atoms with E-state index < -0.39 is 0 Å². The Morgan fingerprint density at radius 2 is 1.79 bits per heavy atom. The van der Waals surface area contributed by atoms with E-state index in [-0.39, 0.29) is 5.91 Å². The maximum Gasteiger partial charge on any atom is 0.224 e. The number of rotatable bonds is 7. The first-order valence-corrected chi connectivity index (χ1v) is 13.1. The molecular weight excluding hydrogens is 452 g/mol. The Morgan fingerprint density at radius 3 is 2.61 bits per heavy atom. The number of carbonyl (C=O) groups excluding carboxylic acids is 1. The van der Waals surface area contributed by atoms with E-state index in [1.54, 1.807) is 11.5 Å². The zero-order valence-corrected chi connectivity index (χ0v) is 20.5. The molecule has 1 N–H and O–H groups in total. The van der Waals surface area contributed by atoms with Crippen LogP contribution in [0.2, 0.25) is 5.02 Å². The van der Waals surface area contributed by atoms with Crippen LogP contribution in [0.4, 0.5) is 5.82 Å². The number of hydrogen-bond donors (Lipinski definition) is 1. The van der Waals surface area contributed by atoms with E-state index in [4.69, 9.17) is 16.0 Å². The molecular formula is C26H31ClN4OS. The molecule has 5 rings (SSSR count). The van der Waals surface area contributed by atoms with Gasteiger partial charge in [0.1, 0.15) is 5.82 Å². The molecule has 2 aromatic carbocycles. The Hall–Kier alpha value is -2.15. The van der Waals surface area contributed by atoms with Crippen molar-refractivity contribution in [2.24, 2.45) is 11.8 Å². The van der Waals surface area contributed by atoms with Gasteiger partial charge >= 0.3 is 0 Å². The third kappa shape index (κ3) is 5.51. The van der Waals surface area contributed by atoms with Gasteiger partial charge in [0.15, 0.2) is 0 Å². The van der Waals surface area contributed by atoms with Crippen LogP contribution in [0.3, 0.4) is 0 Å². The third-order valence-electron chi connectivity index (χ3n) is 7.18. The summed E-state index contributed by atoms with van der Waals surface area (Å²) >= 11 is 7.54. The first-order chi connectivity index (χ1) is 16.2. The maximum absolute atomic E-state index is 12.4. The molecule has 2 atom stereocenters. The number of aromatic nitrogens is 1. The monoisotopic (exact) mass is 482 g/mol. The summed E-state index contributed by atoms with van der Waals surface area (Å²) in [6.07, 6.45) is 4.18. The standard InChI is InChI=1S/C26H31ClN4OS/c27-22-10-8-19(9-11-22)16-25(32)28-17-20-4-3-5-21(20)18-30-12-14-31(15-13-30)26-23-6-1-2-7-24(23)33-29-26/h1-2,6-11,20-21H,3-5,12-18H2,(H,28,32)/t20-,21-/m1/s1. The molecule has 1 aliphatic carbocycles. The first kappa shape index (κ1) is 22.6. The lowest BCUT2D eigenvalue weighted by molar-refractivity contribution is -0.120. The highest BCUT2D eigenvalue weighted by Crippen LogP contribution is 2.33. The molecule has 2 heterocycles. The molecule has 33 heavy (non-hydrogen) atoms. The van der Waals surface area contributed by atoms with Crippen molar-refractivity contribution in [2.75, 3.05) is 44.2 Å². The van der Waals surface area contributed by atoms with Crippen LogP contribution in [0.15, 0.2) is 48.5 Å². The predicted octanol–water partition coefficient (Wildman–Crippen LogP) is 4.85. The lowest BCUT2D eigenvalue weighted by atomic mass is 9.95. The average Bonchev–Trinajstić information content (AvgIpc) is 3.47. The van der Waals surface area contributed by atoms with Crippen LogP contribution in [-0.4, -0.2) is 54.4 Å². The van der Waals surface area contributed by atoms with Gasteiger partial charge in [0.25, 0.3) is 0 Å². The van der Waals surface area contributed by atoms with E-state index in [2.05, 4.69) is 39.4 Å². The second kappa shape index (κ2) is 10.4. The molecule has 2 fully saturated rings. The fourth-order valence-electron chi connectivity index (χ4n) is 5.29. The summed E-state index contributed by atoms with van der Waals surface area (Å²) in [4.78, 5) is 17.5. The molecule has 0 radical (unpaired) electrons. The Bertz CT molecular complexity index is 1080. The minimum absolute atomic E-state index is 0.104. The molecule has 3 aromatic rings. The highest BCUT2D eigenvalue weighted by molar-refractivity contribution is 7.13. The summed E-state index contributed by atoms with van der Waals surface area (Å²) in [6.45, 7) is 6.16. The average molecular weight is 483 g/mol. The predicted molar refractivity (Wildman–Crippen MR) is 137 cm³/mol. The second-order valence-electron chi connectivity index (χ2n) is 9.35. The van der Waals surface area contributed by atoms with Crippen molar-refractivity contribution in [2.45, 2.75) is 25.7 Å². The van der Waals surface area contributed by atoms with Crippen LogP contribution in [0.5, 0.6) is 0 Å². The molecule has 0 bridgehead atoms. The number of benzene rings is 2. The number of nitrogens with one attached hydrogen (secondary N) is 1. The minimum Gasteiger partial charge on any atom is -0.356 e. The number of hydrogen-bond acceptors (Lipinski definition) is 5. The molecule has 174 valence electrons. The van der Waals surface area contributed by atoms with Gasteiger partial charge in [-0.25, -0.2) is 0 Å². The smallest absolute Gasteiger partial charge is 0.224 e. The molecule has 7 heteroatoms. The zero-order chi connectivity index (χ0) is 22.6. The topological polar surface area (TPSA) is 48.5 Å². The van der Waals surface area contributed by atoms with Gasteiger partial charge < -0.3 is 10.2 Å². The van der Waals surface area contributed by atoms with E-state index in [0.717, 1.165) is 50.6 Å². The Morgan fingerprint density at radius 1 is 1.03 bits per heavy atom. The zero-order valence-electron chi connectivity index (χ0n) is 18.9. The second-order valence-corrected chi connectivity index (χ2v) is 10.6. The lowest BCUT2D eigenvalue weighted by Crippen LogP contribution is -2.48. The highest BCUT2D eigenvalue weighted by atomic mass is 35.5. The summed E-state index contributed by atoms with van der Waals surface area (Å²) < 4.78 is 6.00. The number of halogens is 1. The van der Waals surface area contributed by atoms with Gasteiger partial charge in [0.05, 0.1) is 11.1 Å². The molecule has 1 amide bonds. The van der Waals surface area contributed by atoms with Crippen molar-refractivity contribution in [3.63, 3.8) is 0 Å². The van der Waals surface area contributed by atoms with Crippen LogP contribution in [0, 0.1) is 11.8 Å². The minimum atomic E-state index is 0.104. The van der Waals surface area contributed by atoms with Crippen molar-refractivity contribution >= 4 is 44.9 Å². The van der Waals surface area contributed by atoms with Crippen LogP contribution < -0.4 is 10.2 Å². The van der Waals surface area contributed by atoms with Crippen molar-refractivity contribution in [3.8, 4) is 0 Å². The number of anilines is 1. The maximum atomic E-state index is 12.4. The SMILES string of the molecule is O=C(Cc1ccc(Cl)cc1)NC[C@H]1CCC[C@@H]1CN1CCN(c2nsc3ccccc23)CC1. The highest BCUT2D eigenvalue weighted by Gasteiger charge is 2.30. The van der Waals surface area contributed by atoms with Crippen LogP contribution in [0.25, 0.3) is 10.1 Å². The third-order valence-corrected chi connectivity index (χ3v) is 8.25. The molecule has 1 saturated carbocycles. The van der Waals surface area contributed by atoms with Crippen molar-refractivity contribution in [3.05, 3.63) is 59.1 Å². The fraction of sp³-hybridized carbons (Fsp3) is 0.462. The summed E-state index contributed by atoms with van der Waals surface area (Å²) in [5, 5.41) is 5.17. The summed E-state index contributed by atoms with van der Waals surface area (Å²) in [6, 6.07) is 16.1. The number of fused-ring (bicyclic) bond motifs is 1. The molecule has 1 saturated heterocycles. The van der Waals surface area contributed by atoms with E-state index in [1.807, 2.05) is 24.3 Å². The van der Waals surface area contributed by atoms with Gasteiger partial charge in [-0.3, -0.25) is 9.69 Å². The van der Waals surface area contributed by atoms with Crippen LogP contribution in [-0.2, 0) is 11.2 Å². The van der Waals surface area contributed by atoms with E-state index in [1.165, 1.54) is 29.3 Å². The van der Waals surface area contributed by atoms with E-state index >= 15 is 0 Å². The van der Waals surface area contributed by atoms with E-state index in [0.29, 0.717) is 23.3 Å². The normalized spacial score (nSPS) is 21.5. The van der Waals surface area contributed by atoms with Gasteiger partial charge in [-0.1, -0.05) is 42.3 Å². The number of carbonyl (C=O) groups is 1. The molecule has 1 aliphatic heterocycles. The molecule has 0 spiro atoms. The Labute approximate surface area is 204 Å². The fourth-order valence-corrected chi connectivity index (χ4v) is 6.21. The van der Waals surface area contributed by atoms with Gasteiger partial charge in [-0.2, -0.15) is 4.37 Å². The molecule has 0 unspecified atom stereocenters. The van der Waals surface area contributed by atoms with Crippen LogP contribution in [0.1, 0.15) is 24.8 Å². The molecule has 1 aromatic heterocycles. The summed E-state index contributed by atoms with van der Waals surface area (Å²) in [5.74, 6) is 2.51. The quantitative estimate of drug-likeness (QED) is 0.523. The number of piperazine rings is 1. The summed E-state index contributed by atoms with van der Waals surface area (Å²) in [5.41, 5.74) is 1.01. The number of nitrogens with zero attached hydrogens (tertiary/aromatic N) is 3. The number of amides is 1. The Balaban J connectivity index is 1.09. The molecule has 5 nitrogen and oxygen atoms in total. The lowest BCUT2D eigenvalue weighted by Gasteiger charge is -2.37. The van der Waals surface area contributed by atoms with Crippen LogP contribution >= 0.6 is 23.1 Å². The van der Waals surface area contributed by atoms with Crippen molar-refractivity contribution in [1.82, 2.24) is 14.6 Å². The van der Waals surface area contributed by atoms with Gasteiger partial charge in [0, 0.05) is 49.7 Å². The Kier molecular flexibility index (Phi) is 7.14.